The summed E-state index contributed by atoms with van der Waals surface area (Å²) >= 11 is 1.95. The summed E-state index contributed by atoms with van der Waals surface area (Å²) in [5.41, 5.74) is 0. The van der Waals surface area contributed by atoms with Gasteiger partial charge in [-0.05, 0) is 65.0 Å². The van der Waals surface area contributed by atoms with Crippen molar-refractivity contribution in [2.45, 2.75) is 32.2 Å². The van der Waals surface area contributed by atoms with E-state index in [1.165, 1.54) is 44.6 Å². The Balaban J connectivity index is 2.11. The Morgan fingerprint density at radius 1 is 1.53 bits per heavy atom. The molecule has 0 aliphatic carbocycles. The Morgan fingerprint density at radius 3 is 2.93 bits per heavy atom. The maximum absolute atomic E-state index is 3.49. The van der Waals surface area contributed by atoms with Crippen molar-refractivity contribution in [3.63, 3.8) is 0 Å². The van der Waals surface area contributed by atoms with E-state index in [1.54, 1.807) is 0 Å². The van der Waals surface area contributed by atoms with Crippen molar-refractivity contribution < 1.29 is 0 Å². The highest BCUT2D eigenvalue weighted by Gasteiger charge is 2.15. The maximum Gasteiger partial charge on any atom is 0.0154 e. The molecule has 1 N–H and O–H groups in total. The molecule has 3 heteroatoms. The largest absolute Gasteiger partial charge is 0.316 e. The fourth-order valence-corrected chi connectivity index (χ4v) is 2.88. The summed E-state index contributed by atoms with van der Waals surface area (Å²) in [6.07, 6.45) is 6.35. The molecule has 1 aliphatic heterocycles. The Kier molecular flexibility index (Phi) is 6.69. The third kappa shape index (κ3) is 5.23. The molecule has 1 heterocycles. The smallest absolute Gasteiger partial charge is 0.0154 e. The van der Waals surface area contributed by atoms with Crippen molar-refractivity contribution in [1.82, 2.24) is 10.2 Å². The highest BCUT2D eigenvalue weighted by atomic mass is 32.2. The first-order chi connectivity index (χ1) is 7.24. The number of piperidine rings is 1. The van der Waals surface area contributed by atoms with Gasteiger partial charge in [0.2, 0.25) is 0 Å². The minimum absolute atomic E-state index is 0.719. The van der Waals surface area contributed by atoms with Crippen LogP contribution in [0.3, 0.4) is 0 Å². The number of nitrogens with one attached hydrogen (secondary N) is 1. The SMILES string of the molecule is CSCC(C)N(C)CCC1CCCNC1. The summed E-state index contributed by atoms with van der Waals surface area (Å²) in [5, 5.41) is 3.49. The zero-order valence-electron chi connectivity index (χ0n) is 10.5. The van der Waals surface area contributed by atoms with E-state index >= 15 is 0 Å². The van der Waals surface area contributed by atoms with E-state index in [-0.39, 0.29) is 0 Å². The standard InChI is InChI=1S/C12H26N2S/c1-11(10-15-3)14(2)8-6-12-5-4-7-13-9-12/h11-13H,4-10H2,1-3H3. The molecule has 2 atom stereocenters. The second-order valence-corrected chi connectivity index (χ2v) is 5.70. The zero-order valence-corrected chi connectivity index (χ0v) is 11.3. The molecular weight excluding hydrogens is 204 g/mol. The van der Waals surface area contributed by atoms with Gasteiger partial charge in [0.1, 0.15) is 0 Å². The average Bonchev–Trinajstić information content (AvgIpc) is 2.27. The lowest BCUT2D eigenvalue weighted by atomic mass is 9.96. The molecule has 2 unspecified atom stereocenters. The highest BCUT2D eigenvalue weighted by Crippen LogP contribution is 2.15. The van der Waals surface area contributed by atoms with Crippen molar-refractivity contribution in [2.24, 2.45) is 5.92 Å². The molecule has 0 amide bonds. The first-order valence-electron chi connectivity index (χ1n) is 6.14. The van der Waals surface area contributed by atoms with Crippen LogP contribution in [0, 0.1) is 5.92 Å². The van der Waals surface area contributed by atoms with Crippen LogP contribution in [0.15, 0.2) is 0 Å². The topological polar surface area (TPSA) is 15.3 Å². The van der Waals surface area contributed by atoms with Gasteiger partial charge in [-0.3, -0.25) is 0 Å². The molecule has 15 heavy (non-hydrogen) atoms. The van der Waals surface area contributed by atoms with Crippen molar-refractivity contribution in [3.8, 4) is 0 Å². The van der Waals surface area contributed by atoms with Crippen LogP contribution >= 0.6 is 11.8 Å². The fraction of sp³-hybridized carbons (Fsp3) is 1.00. The molecule has 0 saturated carbocycles. The quantitative estimate of drug-likeness (QED) is 0.752. The first-order valence-corrected chi connectivity index (χ1v) is 7.53. The van der Waals surface area contributed by atoms with E-state index in [4.69, 9.17) is 0 Å². The van der Waals surface area contributed by atoms with Crippen LogP contribution in [0.5, 0.6) is 0 Å². The fourth-order valence-electron chi connectivity index (χ4n) is 2.15. The molecule has 0 aromatic rings. The van der Waals surface area contributed by atoms with Crippen molar-refractivity contribution in [3.05, 3.63) is 0 Å². The van der Waals surface area contributed by atoms with E-state index in [1.807, 2.05) is 11.8 Å². The van der Waals surface area contributed by atoms with Crippen molar-refractivity contribution in [1.29, 1.82) is 0 Å². The van der Waals surface area contributed by atoms with Gasteiger partial charge in [0.25, 0.3) is 0 Å². The minimum Gasteiger partial charge on any atom is -0.316 e. The lowest BCUT2D eigenvalue weighted by Crippen LogP contribution is -2.36. The van der Waals surface area contributed by atoms with E-state index in [0.29, 0.717) is 0 Å². The van der Waals surface area contributed by atoms with E-state index in [0.717, 1.165) is 12.0 Å². The van der Waals surface area contributed by atoms with Gasteiger partial charge < -0.3 is 10.2 Å². The molecule has 0 bridgehead atoms. The second-order valence-electron chi connectivity index (χ2n) is 4.79. The van der Waals surface area contributed by atoms with Gasteiger partial charge in [-0.1, -0.05) is 0 Å². The van der Waals surface area contributed by atoms with E-state index in [2.05, 4.69) is 30.4 Å². The molecule has 1 fully saturated rings. The van der Waals surface area contributed by atoms with Crippen LogP contribution in [-0.4, -0.2) is 49.6 Å². The highest BCUT2D eigenvalue weighted by molar-refractivity contribution is 7.98. The van der Waals surface area contributed by atoms with Gasteiger partial charge >= 0.3 is 0 Å². The van der Waals surface area contributed by atoms with Gasteiger partial charge in [0, 0.05) is 11.8 Å². The van der Waals surface area contributed by atoms with Gasteiger partial charge in [-0.25, -0.2) is 0 Å². The van der Waals surface area contributed by atoms with Gasteiger partial charge in [0.15, 0.2) is 0 Å². The van der Waals surface area contributed by atoms with Crippen LogP contribution in [0.2, 0.25) is 0 Å². The number of thioether (sulfide) groups is 1. The molecule has 0 aromatic heterocycles. The minimum atomic E-state index is 0.719. The first kappa shape index (κ1) is 13.3. The van der Waals surface area contributed by atoms with E-state index < -0.39 is 0 Å². The lowest BCUT2D eigenvalue weighted by Gasteiger charge is -2.28. The van der Waals surface area contributed by atoms with Crippen molar-refractivity contribution in [2.75, 3.05) is 38.7 Å². The number of hydrogen-bond acceptors (Lipinski definition) is 3. The van der Waals surface area contributed by atoms with Gasteiger partial charge in [-0.2, -0.15) is 11.8 Å². The summed E-state index contributed by atoms with van der Waals surface area (Å²) in [4.78, 5) is 2.51. The molecule has 1 aliphatic rings. The molecule has 0 aromatic carbocycles. The van der Waals surface area contributed by atoms with Crippen LogP contribution in [0.4, 0.5) is 0 Å². The Morgan fingerprint density at radius 2 is 2.33 bits per heavy atom. The maximum atomic E-state index is 3.49. The molecule has 2 nitrogen and oxygen atoms in total. The second kappa shape index (κ2) is 7.53. The summed E-state index contributed by atoms with van der Waals surface area (Å²) < 4.78 is 0. The van der Waals surface area contributed by atoms with E-state index in [9.17, 15) is 0 Å². The van der Waals surface area contributed by atoms with Gasteiger partial charge in [-0.15, -0.1) is 0 Å². The zero-order chi connectivity index (χ0) is 11.1. The van der Waals surface area contributed by atoms with Gasteiger partial charge in [0.05, 0.1) is 0 Å². The van der Waals surface area contributed by atoms with Crippen molar-refractivity contribution >= 4 is 11.8 Å². The molecule has 1 rings (SSSR count). The van der Waals surface area contributed by atoms with Crippen LogP contribution in [-0.2, 0) is 0 Å². The Bertz CT molecular complexity index is 158. The predicted molar refractivity (Wildman–Crippen MR) is 70.7 cm³/mol. The summed E-state index contributed by atoms with van der Waals surface area (Å²) in [6, 6.07) is 0.719. The third-order valence-corrected chi connectivity index (χ3v) is 4.27. The molecule has 0 radical (unpaired) electrons. The summed E-state index contributed by atoms with van der Waals surface area (Å²) in [6.45, 7) is 6.06. The Hall–Kier alpha value is 0.270. The van der Waals surface area contributed by atoms with Crippen LogP contribution in [0.1, 0.15) is 26.2 Å². The lowest BCUT2D eigenvalue weighted by molar-refractivity contribution is 0.239. The summed E-state index contributed by atoms with van der Waals surface area (Å²) in [7, 11) is 2.26. The number of rotatable bonds is 6. The molecule has 0 spiro atoms. The molecule has 90 valence electrons. The monoisotopic (exact) mass is 230 g/mol. The van der Waals surface area contributed by atoms with Crippen LogP contribution in [0.25, 0.3) is 0 Å². The Labute approximate surface area is 99.2 Å². The normalized spacial score (nSPS) is 24.4. The summed E-state index contributed by atoms with van der Waals surface area (Å²) in [5.74, 6) is 2.17. The molecular formula is C12H26N2S. The predicted octanol–water partition coefficient (Wildman–Crippen LogP) is 2.06. The average molecular weight is 230 g/mol. The number of hydrogen-bond donors (Lipinski definition) is 1. The third-order valence-electron chi connectivity index (χ3n) is 3.45. The number of nitrogens with zero attached hydrogens (tertiary/aromatic N) is 1. The van der Waals surface area contributed by atoms with Crippen LogP contribution < -0.4 is 5.32 Å². The molecule has 1 saturated heterocycles.